The van der Waals surface area contributed by atoms with Gasteiger partial charge in [0.1, 0.15) is 0 Å². The van der Waals surface area contributed by atoms with E-state index >= 15 is 0 Å². The standard InChI is InChI=1S/C12H22OS/c1-5-9-14-10-12(6-2)8-7-11(3)13-4/h6,12H,2-3,5,7-10H2,1,4H3. The molecule has 0 heterocycles. The van der Waals surface area contributed by atoms with Crippen molar-refractivity contribution in [1.82, 2.24) is 0 Å². The van der Waals surface area contributed by atoms with Gasteiger partial charge >= 0.3 is 0 Å². The Bertz CT molecular complexity index is 166. The van der Waals surface area contributed by atoms with Crippen molar-refractivity contribution < 1.29 is 4.74 Å². The topological polar surface area (TPSA) is 9.23 Å². The van der Waals surface area contributed by atoms with E-state index in [2.05, 4.69) is 20.1 Å². The molecule has 0 amide bonds. The number of hydrogen-bond donors (Lipinski definition) is 0. The molecule has 0 aromatic rings. The van der Waals surface area contributed by atoms with Crippen LogP contribution in [0.2, 0.25) is 0 Å². The van der Waals surface area contributed by atoms with E-state index in [1.807, 2.05) is 17.8 Å². The SMILES string of the molecule is C=CC(CCC(=C)OC)CSCCC. The molecule has 0 spiro atoms. The van der Waals surface area contributed by atoms with Crippen molar-refractivity contribution in [2.45, 2.75) is 26.2 Å². The highest BCUT2D eigenvalue weighted by Crippen LogP contribution is 2.18. The van der Waals surface area contributed by atoms with E-state index in [0.29, 0.717) is 5.92 Å². The van der Waals surface area contributed by atoms with Crippen LogP contribution in [0.1, 0.15) is 26.2 Å². The highest BCUT2D eigenvalue weighted by atomic mass is 32.2. The third-order valence-electron chi connectivity index (χ3n) is 2.10. The third-order valence-corrected chi connectivity index (χ3v) is 3.46. The maximum absolute atomic E-state index is 5.04. The molecule has 0 aliphatic rings. The van der Waals surface area contributed by atoms with Crippen molar-refractivity contribution >= 4 is 11.8 Å². The largest absolute Gasteiger partial charge is 0.502 e. The molecule has 1 unspecified atom stereocenters. The van der Waals surface area contributed by atoms with E-state index in [1.54, 1.807) is 7.11 Å². The second-order valence-electron chi connectivity index (χ2n) is 3.35. The number of ether oxygens (including phenoxy) is 1. The summed E-state index contributed by atoms with van der Waals surface area (Å²) < 4.78 is 5.04. The monoisotopic (exact) mass is 214 g/mol. The van der Waals surface area contributed by atoms with Gasteiger partial charge in [0.05, 0.1) is 12.9 Å². The van der Waals surface area contributed by atoms with E-state index in [4.69, 9.17) is 4.74 Å². The maximum atomic E-state index is 5.04. The molecule has 14 heavy (non-hydrogen) atoms. The zero-order valence-corrected chi connectivity index (χ0v) is 10.2. The molecule has 0 aromatic carbocycles. The van der Waals surface area contributed by atoms with Crippen LogP contribution in [0.3, 0.4) is 0 Å². The first kappa shape index (κ1) is 13.6. The summed E-state index contributed by atoms with van der Waals surface area (Å²) >= 11 is 2.00. The van der Waals surface area contributed by atoms with Gasteiger partial charge in [-0.25, -0.2) is 0 Å². The molecule has 2 heteroatoms. The fourth-order valence-electron chi connectivity index (χ4n) is 1.10. The van der Waals surface area contributed by atoms with Gasteiger partial charge in [-0.2, -0.15) is 11.8 Å². The molecule has 1 nitrogen and oxygen atoms in total. The summed E-state index contributed by atoms with van der Waals surface area (Å²) in [5.74, 6) is 3.89. The van der Waals surface area contributed by atoms with Crippen LogP contribution in [-0.4, -0.2) is 18.6 Å². The van der Waals surface area contributed by atoms with Crippen molar-refractivity contribution in [3.05, 3.63) is 25.0 Å². The maximum Gasteiger partial charge on any atom is 0.0884 e. The fourth-order valence-corrected chi connectivity index (χ4v) is 2.16. The normalized spacial score (nSPS) is 12.1. The van der Waals surface area contributed by atoms with Crippen LogP contribution in [0, 0.1) is 5.92 Å². The molecule has 0 bridgehead atoms. The van der Waals surface area contributed by atoms with E-state index in [-0.39, 0.29) is 0 Å². The first-order valence-electron chi connectivity index (χ1n) is 5.16. The minimum absolute atomic E-state index is 0.596. The molecule has 0 rings (SSSR count). The van der Waals surface area contributed by atoms with Crippen molar-refractivity contribution in [2.75, 3.05) is 18.6 Å². The first-order valence-corrected chi connectivity index (χ1v) is 6.32. The predicted molar refractivity (Wildman–Crippen MR) is 66.7 cm³/mol. The fraction of sp³-hybridized carbons (Fsp3) is 0.667. The molecule has 0 fully saturated rings. The van der Waals surface area contributed by atoms with E-state index in [1.165, 1.54) is 17.9 Å². The molecule has 0 radical (unpaired) electrons. The van der Waals surface area contributed by atoms with Gasteiger partial charge in [-0.1, -0.05) is 19.6 Å². The van der Waals surface area contributed by atoms with Gasteiger partial charge in [-0.3, -0.25) is 0 Å². The molecule has 0 saturated heterocycles. The van der Waals surface area contributed by atoms with Gasteiger partial charge in [0, 0.05) is 6.42 Å². The van der Waals surface area contributed by atoms with Gasteiger partial charge in [0.15, 0.2) is 0 Å². The Kier molecular flexibility index (Phi) is 8.95. The molecule has 82 valence electrons. The Hall–Kier alpha value is -0.370. The number of hydrogen-bond acceptors (Lipinski definition) is 2. The van der Waals surface area contributed by atoms with Crippen LogP contribution in [0.4, 0.5) is 0 Å². The second kappa shape index (κ2) is 9.20. The Balaban J connectivity index is 3.57. The van der Waals surface area contributed by atoms with Crippen molar-refractivity contribution in [3.63, 3.8) is 0 Å². The number of allylic oxidation sites excluding steroid dienone is 2. The first-order chi connectivity index (χ1) is 6.74. The van der Waals surface area contributed by atoms with Crippen LogP contribution in [0.25, 0.3) is 0 Å². The molecule has 0 aliphatic heterocycles. The van der Waals surface area contributed by atoms with Gasteiger partial charge < -0.3 is 4.74 Å². The number of rotatable bonds is 9. The Morgan fingerprint density at radius 1 is 1.57 bits per heavy atom. The van der Waals surface area contributed by atoms with Crippen molar-refractivity contribution in [1.29, 1.82) is 0 Å². The van der Waals surface area contributed by atoms with Crippen LogP contribution in [0.5, 0.6) is 0 Å². The quantitative estimate of drug-likeness (QED) is 0.327. The third kappa shape index (κ3) is 7.07. The summed E-state index contributed by atoms with van der Waals surface area (Å²) in [6.07, 6.45) is 5.34. The molecule has 0 N–H and O–H groups in total. The highest BCUT2D eigenvalue weighted by molar-refractivity contribution is 7.99. The number of thioether (sulfide) groups is 1. The predicted octanol–water partition coefficient (Wildman–Crippen LogP) is 3.87. The lowest BCUT2D eigenvalue weighted by Gasteiger charge is -2.12. The summed E-state index contributed by atoms with van der Waals surface area (Å²) in [5, 5.41) is 0. The summed E-state index contributed by atoms with van der Waals surface area (Å²) in [7, 11) is 1.68. The molecular formula is C12H22OS. The van der Waals surface area contributed by atoms with Crippen LogP contribution >= 0.6 is 11.8 Å². The highest BCUT2D eigenvalue weighted by Gasteiger charge is 2.05. The molecule has 0 saturated carbocycles. The van der Waals surface area contributed by atoms with Gasteiger partial charge in [0.2, 0.25) is 0 Å². The average Bonchev–Trinajstić information content (AvgIpc) is 2.22. The van der Waals surface area contributed by atoms with Crippen molar-refractivity contribution in [3.8, 4) is 0 Å². The summed E-state index contributed by atoms with van der Waals surface area (Å²) in [4.78, 5) is 0. The number of methoxy groups -OCH3 is 1. The zero-order chi connectivity index (χ0) is 10.8. The zero-order valence-electron chi connectivity index (χ0n) is 9.42. The molecule has 0 aromatic heterocycles. The lowest BCUT2D eigenvalue weighted by atomic mass is 10.1. The minimum atomic E-state index is 0.596. The Morgan fingerprint density at radius 2 is 2.29 bits per heavy atom. The minimum Gasteiger partial charge on any atom is -0.502 e. The summed E-state index contributed by atoms with van der Waals surface area (Å²) in [6.45, 7) is 9.88. The van der Waals surface area contributed by atoms with Gasteiger partial charge in [-0.15, -0.1) is 6.58 Å². The molecule has 0 aliphatic carbocycles. The van der Waals surface area contributed by atoms with Crippen LogP contribution < -0.4 is 0 Å². The van der Waals surface area contributed by atoms with Gasteiger partial charge in [0.25, 0.3) is 0 Å². The van der Waals surface area contributed by atoms with Crippen LogP contribution in [-0.2, 0) is 4.74 Å². The van der Waals surface area contributed by atoms with Crippen molar-refractivity contribution in [2.24, 2.45) is 5.92 Å². The van der Waals surface area contributed by atoms with E-state index < -0.39 is 0 Å². The van der Waals surface area contributed by atoms with Crippen LogP contribution in [0.15, 0.2) is 25.0 Å². The second-order valence-corrected chi connectivity index (χ2v) is 4.50. The Labute approximate surface area is 92.6 Å². The molecular weight excluding hydrogens is 192 g/mol. The van der Waals surface area contributed by atoms with Gasteiger partial charge in [-0.05, 0) is 30.3 Å². The summed E-state index contributed by atoms with van der Waals surface area (Å²) in [5.41, 5.74) is 0. The van der Waals surface area contributed by atoms with E-state index in [9.17, 15) is 0 Å². The Morgan fingerprint density at radius 3 is 2.79 bits per heavy atom. The molecule has 1 atom stereocenters. The summed E-state index contributed by atoms with van der Waals surface area (Å²) in [6, 6.07) is 0. The lowest BCUT2D eigenvalue weighted by Crippen LogP contribution is -2.01. The smallest absolute Gasteiger partial charge is 0.0884 e. The van der Waals surface area contributed by atoms with E-state index in [0.717, 1.165) is 18.6 Å². The average molecular weight is 214 g/mol. The lowest BCUT2D eigenvalue weighted by molar-refractivity contribution is 0.274.